The van der Waals surface area contributed by atoms with Crippen LogP contribution in [0.3, 0.4) is 0 Å². The Morgan fingerprint density at radius 2 is 1.75 bits per heavy atom. The zero-order valence-electron chi connectivity index (χ0n) is 7.44. The predicted octanol–water partition coefficient (Wildman–Crippen LogP) is 3.53. The first-order valence-corrected chi connectivity index (χ1v) is 4.35. The van der Waals surface area contributed by atoms with Crippen molar-refractivity contribution in [1.29, 1.82) is 0 Å². The van der Waals surface area contributed by atoms with Crippen molar-refractivity contribution in [2.24, 2.45) is 5.73 Å². The van der Waals surface area contributed by atoms with Gasteiger partial charge in [-0.3, -0.25) is 4.79 Å². The molecule has 0 aliphatic rings. The van der Waals surface area contributed by atoms with Gasteiger partial charge in [-0.05, 0) is 12.1 Å². The van der Waals surface area contributed by atoms with Crippen molar-refractivity contribution in [3.05, 3.63) is 33.3 Å². The number of alkyl halides is 3. The smallest absolute Gasteiger partial charge is 0.366 e. The normalized spacial score (nSPS) is 10.8. The molecule has 0 saturated heterocycles. The lowest BCUT2D eigenvalue weighted by Gasteiger charge is -2.12. The molecule has 0 bridgehead atoms. The van der Waals surface area contributed by atoms with E-state index in [1.54, 1.807) is 0 Å². The summed E-state index contributed by atoms with van der Waals surface area (Å²) in [6.45, 7) is 0. The number of hydrogen-bond acceptors (Lipinski definition) is 1. The Bertz CT molecular complexity index is 420. The molecule has 0 fully saturated rings. The van der Waals surface area contributed by atoms with Crippen LogP contribution in [0.4, 0.5) is 13.2 Å². The van der Waals surface area contributed by atoms with E-state index in [0.717, 1.165) is 12.1 Å². The van der Waals surface area contributed by atoms with Gasteiger partial charge in [0, 0.05) is 0 Å². The first-order valence-electron chi connectivity index (χ1n) is 3.60. The van der Waals surface area contributed by atoms with Gasteiger partial charge in [-0.25, -0.2) is 0 Å². The monoisotopic (exact) mass is 293 g/mol. The van der Waals surface area contributed by atoms with Gasteiger partial charge in [-0.2, -0.15) is 13.2 Å². The maximum atomic E-state index is 12.4. The number of benzene rings is 1. The van der Waals surface area contributed by atoms with Gasteiger partial charge in [-0.15, -0.1) is 12.4 Å². The maximum absolute atomic E-state index is 12.4. The number of carbonyl (C=O) groups is 1. The molecule has 90 valence electrons. The van der Waals surface area contributed by atoms with Crippen LogP contribution in [0, 0.1) is 0 Å². The number of hydrogen-bond donors (Lipinski definition) is 1. The zero-order valence-corrected chi connectivity index (χ0v) is 9.77. The lowest BCUT2D eigenvalue weighted by Crippen LogP contribution is -2.15. The van der Waals surface area contributed by atoms with Gasteiger partial charge in [0.25, 0.3) is 0 Å². The van der Waals surface area contributed by atoms with Gasteiger partial charge in [0.15, 0.2) is 0 Å². The fourth-order valence-electron chi connectivity index (χ4n) is 1.00. The number of halogens is 6. The summed E-state index contributed by atoms with van der Waals surface area (Å²) in [7, 11) is 0. The maximum Gasteiger partial charge on any atom is 0.419 e. The van der Waals surface area contributed by atoms with Gasteiger partial charge in [0.1, 0.15) is 0 Å². The van der Waals surface area contributed by atoms with Crippen LogP contribution in [0.25, 0.3) is 0 Å². The minimum Gasteiger partial charge on any atom is -0.366 e. The van der Waals surface area contributed by atoms with Gasteiger partial charge in [0.2, 0.25) is 5.91 Å². The summed E-state index contributed by atoms with van der Waals surface area (Å²) in [4.78, 5) is 10.7. The summed E-state index contributed by atoms with van der Waals surface area (Å²) in [5.41, 5.74) is 3.19. The Morgan fingerprint density at radius 3 is 2.12 bits per heavy atom. The molecule has 2 nitrogen and oxygen atoms in total. The Labute approximate surface area is 105 Å². The summed E-state index contributed by atoms with van der Waals surface area (Å²) in [6, 6.07) is 1.97. The molecule has 0 unspecified atom stereocenters. The van der Waals surface area contributed by atoms with Crippen molar-refractivity contribution >= 4 is 41.5 Å². The van der Waals surface area contributed by atoms with Crippen LogP contribution in [-0.4, -0.2) is 5.91 Å². The second-order valence-electron chi connectivity index (χ2n) is 2.65. The summed E-state index contributed by atoms with van der Waals surface area (Å²) in [5.74, 6) is -1.04. The molecule has 0 spiro atoms. The lowest BCUT2D eigenvalue weighted by molar-refractivity contribution is -0.137. The molecule has 1 aromatic rings. The highest BCUT2D eigenvalue weighted by Gasteiger charge is 2.37. The second-order valence-corrected chi connectivity index (χ2v) is 3.43. The third kappa shape index (κ3) is 2.93. The molecule has 0 heterocycles. The number of primary amides is 1. The summed E-state index contributed by atoms with van der Waals surface area (Å²) in [5, 5.41) is -1.35. The van der Waals surface area contributed by atoms with Crippen molar-refractivity contribution in [2.45, 2.75) is 6.18 Å². The van der Waals surface area contributed by atoms with E-state index in [2.05, 4.69) is 0 Å². The standard InChI is InChI=1S/C8H4Cl2F3NO.ClH/c9-4-2-1-3(7(14)15)6(10)5(4)8(11,12)13;/h1-2H,(H2,14,15);1H. The second kappa shape index (κ2) is 5.12. The molecule has 8 heteroatoms. The molecule has 2 N–H and O–H groups in total. The topological polar surface area (TPSA) is 43.1 Å². The number of amides is 1. The molecule has 0 atom stereocenters. The summed E-state index contributed by atoms with van der Waals surface area (Å²) in [6.07, 6.45) is -4.72. The van der Waals surface area contributed by atoms with Crippen LogP contribution in [0.1, 0.15) is 15.9 Å². The third-order valence-electron chi connectivity index (χ3n) is 1.64. The van der Waals surface area contributed by atoms with Crippen molar-refractivity contribution in [3.63, 3.8) is 0 Å². The predicted molar refractivity (Wildman–Crippen MR) is 57.2 cm³/mol. The van der Waals surface area contributed by atoms with Crippen LogP contribution >= 0.6 is 35.6 Å². The van der Waals surface area contributed by atoms with Crippen LogP contribution in [0.5, 0.6) is 0 Å². The van der Waals surface area contributed by atoms with E-state index in [-0.39, 0.29) is 12.4 Å². The largest absolute Gasteiger partial charge is 0.419 e. The highest BCUT2D eigenvalue weighted by atomic mass is 35.5. The van der Waals surface area contributed by atoms with Gasteiger partial charge in [0.05, 0.1) is 21.2 Å². The average molecular weight is 294 g/mol. The molecule has 0 aliphatic carbocycles. The van der Waals surface area contributed by atoms with Gasteiger partial charge < -0.3 is 5.73 Å². The minimum atomic E-state index is -4.72. The highest BCUT2D eigenvalue weighted by Crippen LogP contribution is 2.40. The van der Waals surface area contributed by atoms with Crippen molar-refractivity contribution < 1.29 is 18.0 Å². The summed E-state index contributed by atoms with van der Waals surface area (Å²) >= 11 is 10.7. The quantitative estimate of drug-likeness (QED) is 0.846. The molecule has 1 aromatic carbocycles. The highest BCUT2D eigenvalue weighted by molar-refractivity contribution is 6.38. The van der Waals surface area contributed by atoms with E-state index in [4.69, 9.17) is 28.9 Å². The van der Waals surface area contributed by atoms with Crippen LogP contribution in [-0.2, 0) is 6.18 Å². The molecular formula is C8H5Cl3F3NO. The fraction of sp³-hybridized carbons (Fsp3) is 0.125. The lowest BCUT2D eigenvalue weighted by atomic mass is 10.1. The average Bonchev–Trinajstić information content (AvgIpc) is 2.00. The van der Waals surface area contributed by atoms with Crippen molar-refractivity contribution in [1.82, 2.24) is 0 Å². The fourth-order valence-corrected chi connectivity index (χ4v) is 1.68. The minimum absolute atomic E-state index is 0. The van der Waals surface area contributed by atoms with Crippen molar-refractivity contribution in [2.75, 3.05) is 0 Å². The van der Waals surface area contributed by atoms with E-state index in [1.807, 2.05) is 0 Å². The third-order valence-corrected chi connectivity index (χ3v) is 2.35. The first kappa shape index (κ1) is 15.3. The van der Waals surface area contributed by atoms with Crippen molar-refractivity contribution in [3.8, 4) is 0 Å². The van der Waals surface area contributed by atoms with Gasteiger partial charge >= 0.3 is 6.18 Å². The SMILES string of the molecule is Cl.NC(=O)c1ccc(Cl)c(C(F)(F)F)c1Cl. The molecule has 1 amide bonds. The summed E-state index contributed by atoms with van der Waals surface area (Å²) < 4.78 is 37.3. The number of nitrogens with two attached hydrogens (primary N) is 1. The van der Waals surface area contributed by atoms with E-state index >= 15 is 0 Å². The Kier molecular flexibility index (Phi) is 4.91. The van der Waals surface area contributed by atoms with Crippen LogP contribution in [0.15, 0.2) is 12.1 Å². The van der Waals surface area contributed by atoms with Crippen LogP contribution < -0.4 is 5.73 Å². The van der Waals surface area contributed by atoms with Crippen LogP contribution in [0.2, 0.25) is 10.0 Å². The first-order chi connectivity index (χ1) is 6.75. The molecule has 0 aromatic heterocycles. The zero-order chi connectivity index (χ0) is 11.8. The number of carbonyl (C=O) groups excluding carboxylic acids is 1. The molecule has 0 saturated carbocycles. The van der Waals surface area contributed by atoms with E-state index in [1.165, 1.54) is 0 Å². The Hall–Kier alpha value is -0.650. The Morgan fingerprint density at radius 1 is 1.25 bits per heavy atom. The van der Waals surface area contributed by atoms with E-state index < -0.39 is 33.3 Å². The molecule has 0 radical (unpaired) electrons. The Balaban J connectivity index is 0.00000225. The molecule has 16 heavy (non-hydrogen) atoms. The molecular weight excluding hydrogens is 289 g/mol. The van der Waals surface area contributed by atoms with E-state index in [0.29, 0.717) is 0 Å². The van der Waals surface area contributed by atoms with E-state index in [9.17, 15) is 18.0 Å². The molecule has 0 aliphatic heterocycles. The molecule has 1 rings (SSSR count). The van der Waals surface area contributed by atoms with Gasteiger partial charge in [-0.1, -0.05) is 23.2 Å². The number of rotatable bonds is 1.